The molecular formula is C22H21N7O3S. The van der Waals surface area contributed by atoms with Gasteiger partial charge in [0.1, 0.15) is 17.1 Å². The van der Waals surface area contributed by atoms with Crippen molar-refractivity contribution in [2.75, 3.05) is 32.1 Å². The van der Waals surface area contributed by atoms with E-state index in [1.165, 1.54) is 25.5 Å². The number of pyridine rings is 3. The highest BCUT2D eigenvalue weighted by molar-refractivity contribution is 7.89. The first-order chi connectivity index (χ1) is 15.9. The van der Waals surface area contributed by atoms with Gasteiger partial charge in [0.25, 0.3) is 10.0 Å². The van der Waals surface area contributed by atoms with E-state index in [-0.39, 0.29) is 4.90 Å². The maximum Gasteiger partial charge on any atom is 0.280 e. The Labute approximate surface area is 190 Å². The smallest absolute Gasteiger partial charge is 0.280 e. The van der Waals surface area contributed by atoms with Gasteiger partial charge in [-0.15, -0.1) is 0 Å². The Balaban J connectivity index is 1.43. The maximum atomic E-state index is 13.0. The average Bonchev–Trinajstić information content (AvgIpc) is 3.25. The van der Waals surface area contributed by atoms with Gasteiger partial charge in [0.15, 0.2) is 11.6 Å². The zero-order chi connectivity index (χ0) is 23.0. The fraction of sp³-hybridized carbons (Fsp3) is 0.182. The predicted molar refractivity (Wildman–Crippen MR) is 124 cm³/mol. The number of nitrogens with zero attached hydrogens (tertiary/aromatic N) is 7. The molecule has 0 unspecified atom stereocenters. The summed E-state index contributed by atoms with van der Waals surface area (Å²) < 4.78 is 34.4. The Morgan fingerprint density at radius 1 is 1.15 bits per heavy atom. The quantitative estimate of drug-likeness (QED) is 0.330. The molecule has 4 aromatic heterocycles. The van der Waals surface area contributed by atoms with Crippen LogP contribution < -0.4 is 9.64 Å². The Morgan fingerprint density at radius 2 is 2.03 bits per heavy atom. The number of hydrazone groups is 1. The van der Waals surface area contributed by atoms with Gasteiger partial charge in [0, 0.05) is 49.9 Å². The minimum Gasteiger partial charge on any atom is -0.488 e. The lowest BCUT2D eigenvalue weighted by molar-refractivity contribution is 0.307. The van der Waals surface area contributed by atoms with Crippen LogP contribution in [0.3, 0.4) is 0 Å². The fourth-order valence-corrected chi connectivity index (χ4v) is 4.42. The van der Waals surface area contributed by atoms with Crippen LogP contribution in [0, 0.1) is 0 Å². The monoisotopic (exact) mass is 463 g/mol. The molecule has 0 spiro atoms. The standard InChI is InChI=1S/C22H21N7O3S/c1-27-8-9-32-20-10-19(14-25-22(20)27)33(30,31)28(2)26-13-18-12-24-21-6-5-17(15-29(18)21)16-4-3-7-23-11-16/h3-7,10-15H,8-9H2,1-2H3/b26-13+. The molecule has 11 heteroatoms. The van der Waals surface area contributed by atoms with Crippen molar-refractivity contribution < 1.29 is 13.2 Å². The summed E-state index contributed by atoms with van der Waals surface area (Å²) in [6, 6.07) is 9.16. The molecule has 0 radical (unpaired) electrons. The number of hydrogen-bond acceptors (Lipinski definition) is 8. The number of sulfonamides is 1. The number of likely N-dealkylation sites (N-methyl/N-ethyl adjacent to an activating group) is 1. The summed E-state index contributed by atoms with van der Waals surface area (Å²) in [5, 5.41) is 4.16. The minimum atomic E-state index is -3.91. The first-order valence-corrected chi connectivity index (χ1v) is 11.6. The number of anilines is 1. The Morgan fingerprint density at radius 3 is 2.85 bits per heavy atom. The van der Waals surface area contributed by atoms with Crippen LogP contribution >= 0.6 is 0 Å². The van der Waals surface area contributed by atoms with E-state index in [0.717, 1.165) is 21.2 Å². The minimum absolute atomic E-state index is 0.00760. The zero-order valence-electron chi connectivity index (χ0n) is 18.0. The second-order valence-corrected chi connectivity index (χ2v) is 9.47. The van der Waals surface area contributed by atoms with Gasteiger partial charge in [-0.3, -0.25) is 9.38 Å². The number of aromatic nitrogens is 4. The second-order valence-electron chi connectivity index (χ2n) is 7.52. The highest BCUT2D eigenvalue weighted by atomic mass is 32.2. The van der Waals surface area contributed by atoms with Crippen LogP contribution in [-0.2, 0) is 10.0 Å². The first-order valence-electron chi connectivity index (χ1n) is 10.2. The van der Waals surface area contributed by atoms with Crippen LogP contribution in [0.5, 0.6) is 5.75 Å². The molecule has 0 atom stereocenters. The van der Waals surface area contributed by atoms with Gasteiger partial charge in [-0.1, -0.05) is 6.07 Å². The number of imidazole rings is 1. The molecule has 4 aromatic rings. The van der Waals surface area contributed by atoms with E-state index in [4.69, 9.17) is 4.74 Å². The molecular weight excluding hydrogens is 442 g/mol. The lowest BCUT2D eigenvalue weighted by Gasteiger charge is -2.26. The van der Waals surface area contributed by atoms with Crippen LogP contribution in [0.4, 0.5) is 5.82 Å². The molecule has 33 heavy (non-hydrogen) atoms. The van der Waals surface area contributed by atoms with Gasteiger partial charge in [0.2, 0.25) is 0 Å². The van der Waals surface area contributed by atoms with Crippen LogP contribution in [-0.4, -0.2) is 65.6 Å². The third-order valence-corrected chi connectivity index (χ3v) is 6.99. The van der Waals surface area contributed by atoms with Crippen molar-refractivity contribution in [2.24, 2.45) is 5.10 Å². The maximum absolute atomic E-state index is 13.0. The molecule has 1 aliphatic heterocycles. The molecule has 0 saturated carbocycles. The van der Waals surface area contributed by atoms with E-state index in [1.807, 2.05) is 46.8 Å². The highest BCUT2D eigenvalue weighted by Crippen LogP contribution is 2.31. The van der Waals surface area contributed by atoms with Crippen molar-refractivity contribution in [1.29, 1.82) is 0 Å². The van der Waals surface area contributed by atoms with Crippen LogP contribution in [0.25, 0.3) is 16.8 Å². The summed E-state index contributed by atoms with van der Waals surface area (Å²) in [4.78, 5) is 14.7. The van der Waals surface area contributed by atoms with Crippen molar-refractivity contribution in [1.82, 2.24) is 23.8 Å². The molecule has 0 amide bonds. The molecule has 1 aliphatic rings. The predicted octanol–water partition coefficient (Wildman–Crippen LogP) is 2.27. The number of ether oxygens (including phenoxy) is 1. The summed E-state index contributed by atoms with van der Waals surface area (Å²) in [7, 11) is -0.650. The SMILES string of the molecule is CN1CCOc2cc(S(=O)(=O)N(C)/N=C/c3cnc4ccc(-c5cccnc5)cn34)cnc21. The number of fused-ring (bicyclic) bond motifs is 2. The van der Waals surface area contributed by atoms with Crippen molar-refractivity contribution in [3.05, 3.63) is 67.0 Å². The summed E-state index contributed by atoms with van der Waals surface area (Å²) in [6.07, 6.45) is 9.82. The Bertz CT molecular complexity index is 1450. The molecule has 0 N–H and O–H groups in total. The molecule has 0 bridgehead atoms. The zero-order valence-corrected chi connectivity index (χ0v) is 18.8. The van der Waals surface area contributed by atoms with E-state index in [0.29, 0.717) is 30.4 Å². The lowest BCUT2D eigenvalue weighted by atomic mass is 10.1. The lowest BCUT2D eigenvalue weighted by Crippen LogP contribution is -2.30. The number of rotatable bonds is 5. The van der Waals surface area contributed by atoms with Gasteiger partial charge in [-0.05, 0) is 18.2 Å². The molecule has 0 aromatic carbocycles. The first kappa shape index (κ1) is 20.9. The third kappa shape index (κ3) is 3.87. The van der Waals surface area contributed by atoms with E-state index in [9.17, 15) is 8.42 Å². The topological polar surface area (TPSA) is 105 Å². The average molecular weight is 464 g/mol. The molecule has 5 rings (SSSR count). The summed E-state index contributed by atoms with van der Waals surface area (Å²) in [6.45, 7) is 1.16. The number of hydrogen-bond donors (Lipinski definition) is 0. The normalized spacial score (nSPS) is 13.8. The Kier molecular flexibility index (Phi) is 5.17. The molecule has 168 valence electrons. The van der Waals surface area contributed by atoms with Crippen LogP contribution in [0.1, 0.15) is 5.69 Å². The van der Waals surface area contributed by atoms with Crippen LogP contribution in [0.15, 0.2) is 71.3 Å². The molecule has 0 aliphatic carbocycles. The van der Waals surface area contributed by atoms with E-state index in [1.54, 1.807) is 18.6 Å². The van der Waals surface area contributed by atoms with E-state index < -0.39 is 10.0 Å². The summed E-state index contributed by atoms with van der Waals surface area (Å²) >= 11 is 0. The molecule has 0 saturated heterocycles. The van der Waals surface area contributed by atoms with Crippen molar-refractivity contribution in [3.63, 3.8) is 0 Å². The fourth-order valence-electron chi connectivity index (χ4n) is 3.51. The molecule has 5 heterocycles. The molecule has 10 nitrogen and oxygen atoms in total. The summed E-state index contributed by atoms with van der Waals surface area (Å²) in [5.41, 5.74) is 3.26. The van der Waals surface area contributed by atoms with Gasteiger partial charge < -0.3 is 9.64 Å². The molecule has 0 fully saturated rings. The van der Waals surface area contributed by atoms with Gasteiger partial charge in [-0.2, -0.15) is 17.9 Å². The second kappa shape index (κ2) is 8.17. The largest absolute Gasteiger partial charge is 0.488 e. The highest BCUT2D eigenvalue weighted by Gasteiger charge is 2.24. The van der Waals surface area contributed by atoms with Gasteiger partial charge in [0.05, 0.1) is 30.8 Å². The van der Waals surface area contributed by atoms with E-state index in [2.05, 4.69) is 20.1 Å². The van der Waals surface area contributed by atoms with Crippen molar-refractivity contribution in [3.8, 4) is 16.9 Å². The van der Waals surface area contributed by atoms with Gasteiger partial charge in [-0.25, -0.2) is 9.97 Å². The van der Waals surface area contributed by atoms with Gasteiger partial charge >= 0.3 is 0 Å². The summed E-state index contributed by atoms with van der Waals surface area (Å²) in [5.74, 6) is 1.05. The third-order valence-electron chi connectivity index (χ3n) is 5.38. The van der Waals surface area contributed by atoms with Crippen LogP contribution in [0.2, 0.25) is 0 Å². The van der Waals surface area contributed by atoms with Crippen molar-refractivity contribution in [2.45, 2.75) is 4.90 Å². The van der Waals surface area contributed by atoms with Crippen molar-refractivity contribution >= 4 is 27.7 Å². The Hall–Kier alpha value is -3.99. The van der Waals surface area contributed by atoms with E-state index >= 15 is 0 Å².